The number of benzene rings is 2. The molecule has 2 aromatic carbocycles. The van der Waals surface area contributed by atoms with E-state index in [0.29, 0.717) is 11.3 Å². The standard InChI is InChI=1S/C16H16ClNO3/c1-10-6-11(2)12(3)16(7-10)21-14-4-5-15(18(19)20)13(8-14)9-17/h4-8H,9H2,1-3H3. The van der Waals surface area contributed by atoms with Gasteiger partial charge in [-0.05, 0) is 55.7 Å². The van der Waals surface area contributed by atoms with Crippen molar-refractivity contribution in [3.05, 3.63) is 62.7 Å². The molecule has 0 heterocycles. The summed E-state index contributed by atoms with van der Waals surface area (Å²) in [6.45, 7) is 6.01. The maximum absolute atomic E-state index is 10.9. The summed E-state index contributed by atoms with van der Waals surface area (Å²) >= 11 is 5.77. The molecular weight excluding hydrogens is 290 g/mol. The first-order valence-corrected chi connectivity index (χ1v) is 7.05. The van der Waals surface area contributed by atoms with Crippen molar-refractivity contribution in [3.8, 4) is 11.5 Å². The van der Waals surface area contributed by atoms with Crippen LogP contribution in [0.15, 0.2) is 30.3 Å². The molecule has 0 aliphatic rings. The number of rotatable bonds is 4. The summed E-state index contributed by atoms with van der Waals surface area (Å²) in [4.78, 5) is 10.5. The Morgan fingerprint density at radius 3 is 2.52 bits per heavy atom. The number of nitro groups is 1. The number of hydrogen-bond acceptors (Lipinski definition) is 3. The molecule has 2 rings (SSSR count). The van der Waals surface area contributed by atoms with Gasteiger partial charge < -0.3 is 4.74 Å². The number of nitro benzene ring substituents is 1. The summed E-state index contributed by atoms with van der Waals surface area (Å²) in [5.41, 5.74) is 3.75. The third-order valence-corrected chi connectivity index (χ3v) is 3.67. The quantitative estimate of drug-likeness (QED) is 0.451. The molecule has 5 heteroatoms. The number of halogens is 1. The van der Waals surface area contributed by atoms with Crippen LogP contribution < -0.4 is 4.74 Å². The van der Waals surface area contributed by atoms with Gasteiger partial charge in [-0.25, -0.2) is 0 Å². The average molecular weight is 306 g/mol. The van der Waals surface area contributed by atoms with Gasteiger partial charge in [0.2, 0.25) is 0 Å². The normalized spacial score (nSPS) is 10.5. The molecule has 0 spiro atoms. The van der Waals surface area contributed by atoms with Crippen LogP contribution in [0.4, 0.5) is 5.69 Å². The predicted molar refractivity (Wildman–Crippen MR) is 83.4 cm³/mol. The average Bonchev–Trinajstić information content (AvgIpc) is 2.43. The highest BCUT2D eigenvalue weighted by Crippen LogP contribution is 2.31. The summed E-state index contributed by atoms with van der Waals surface area (Å²) in [6, 6.07) is 8.66. The second-order valence-corrected chi connectivity index (χ2v) is 5.26. The number of ether oxygens (including phenoxy) is 1. The van der Waals surface area contributed by atoms with Crippen molar-refractivity contribution in [1.82, 2.24) is 0 Å². The summed E-state index contributed by atoms with van der Waals surface area (Å²) < 4.78 is 5.87. The SMILES string of the molecule is Cc1cc(C)c(C)c(Oc2ccc([N+](=O)[O-])c(CCl)c2)c1. The van der Waals surface area contributed by atoms with Crippen LogP contribution in [0, 0.1) is 30.9 Å². The maximum Gasteiger partial charge on any atom is 0.274 e. The van der Waals surface area contributed by atoms with Crippen molar-refractivity contribution < 1.29 is 9.66 Å². The number of alkyl halides is 1. The monoisotopic (exact) mass is 305 g/mol. The minimum Gasteiger partial charge on any atom is -0.457 e. The van der Waals surface area contributed by atoms with E-state index in [9.17, 15) is 10.1 Å². The van der Waals surface area contributed by atoms with Crippen LogP contribution in [0.2, 0.25) is 0 Å². The van der Waals surface area contributed by atoms with Crippen molar-refractivity contribution in [3.63, 3.8) is 0 Å². The van der Waals surface area contributed by atoms with Crippen molar-refractivity contribution in [2.24, 2.45) is 0 Å². The zero-order chi connectivity index (χ0) is 15.6. The molecule has 21 heavy (non-hydrogen) atoms. The van der Waals surface area contributed by atoms with Crippen LogP contribution >= 0.6 is 11.6 Å². The van der Waals surface area contributed by atoms with Crippen molar-refractivity contribution in [2.75, 3.05) is 0 Å². The van der Waals surface area contributed by atoms with Gasteiger partial charge in [0, 0.05) is 11.6 Å². The van der Waals surface area contributed by atoms with Gasteiger partial charge in [-0.2, -0.15) is 0 Å². The molecule has 0 saturated carbocycles. The Morgan fingerprint density at radius 2 is 1.90 bits per heavy atom. The molecule has 0 aliphatic carbocycles. The van der Waals surface area contributed by atoms with E-state index >= 15 is 0 Å². The lowest BCUT2D eigenvalue weighted by atomic mass is 10.1. The van der Waals surface area contributed by atoms with Crippen LogP contribution in [0.3, 0.4) is 0 Å². The zero-order valence-electron chi connectivity index (χ0n) is 12.1. The molecule has 0 bridgehead atoms. The van der Waals surface area contributed by atoms with Gasteiger partial charge in [0.05, 0.1) is 10.8 Å². The van der Waals surface area contributed by atoms with Crippen molar-refractivity contribution >= 4 is 17.3 Å². The molecule has 0 unspecified atom stereocenters. The molecule has 0 fully saturated rings. The van der Waals surface area contributed by atoms with E-state index in [-0.39, 0.29) is 11.6 Å². The van der Waals surface area contributed by atoms with E-state index in [1.807, 2.05) is 26.8 Å². The van der Waals surface area contributed by atoms with Crippen LogP contribution in [0.1, 0.15) is 22.3 Å². The fourth-order valence-electron chi connectivity index (χ4n) is 2.14. The molecule has 0 radical (unpaired) electrons. The van der Waals surface area contributed by atoms with Gasteiger partial charge in [-0.1, -0.05) is 6.07 Å². The smallest absolute Gasteiger partial charge is 0.274 e. The van der Waals surface area contributed by atoms with Gasteiger partial charge in [0.25, 0.3) is 5.69 Å². The zero-order valence-corrected chi connectivity index (χ0v) is 12.9. The second kappa shape index (κ2) is 6.14. The fourth-order valence-corrected chi connectivity index (χ4v) is 2.36. The Morgan fingerprint density at radius 1 is 1.19 bits per heavy atom. The second-order valence-electron chi connectivity index (χ2n) is 4.99. The Balaban J connectivity index is 2.39. The van der Waals surface area contributed by atoms with E-state index in [2.05, 4.69) is 6.07 Å². The highest BCUT2D eigenvalue weighted by Gasteiger charge is 2.14. The molecule has 2 aromatic rings. The minimum absolute atomic E-state index is 0.00879. The molecule has 0 aromatic heterocycles. The third kappa shape index (κ3) is 3.34. The maximum atomic E-state index is 10.9. The fraction of sp³-hybridized carbons (Fsp3) is 0.250. The first kappa shape index (κ1) is 15.3. The van der Waals surface area contributed by atoms with E-state index in [0.717, 1.165) is 22.4 Å². The van der Waals surface area contributed by atoms with Crippen LogP contribution in [0.25, 0.3) is 0 Å². The van der Waals surface area contributed by atoms with Gasteiger partial charge in [0.15, 0.2) is 0 Å². The van der Waals surface area contributed by atoms with E-state index in [1.165, 1.54) is 6.07 Å². The molecule has 4 nitrogen and oxygen atoms in total. The largest absolute Gasteiger partial charge is 0.457 e. The summed E-state index contributed by atoms with van der Waals surface area (Å²) in [6.07, 6.45) is 0. The Kier molecular flexibility index (Phi) is 4.48. The molecule has 0 atom stereocenters. The number of nitrogens with zero attached hydrogens (tertiary/aromatic N) is 1. The third-order valence-electron chi connectivity index (χ3n) is 3.38. The van der Waals surface area contributed by atoms with Crippen LogP contribution in [-0.2, 0) is 5.88 Å². The molecular formula is C16H16ClNO3. The molecule has 110 valence electrons. The first-order valence-electron chi connectivity index (χ1n) is 6.51. The highest BCUT2D eigenvalue weighted by atomic mass is 35.5. The summed E-state index contributed by atoms with van der Waals surface area (Å²) in [7, 11) is 0. The van der Waals surface area contributed by atoms with Gasteiger partial charge in [0.1, 0.15) is 11.5 Å². The lowest BCUT2D eigenvalue weighted by Crippen LogP contribution is -1.96. The van der Waals surface area contributed by atoms with Crippen LogP contribution in [0.5, 0.6) is 11.5 Å². The predicted octanol–water partition coefficient (Wildman–Crippen LogP) is 5.05. The van der Waals surface area contributed by atoms with E-state index < -0.39 is 4.92 Å². The van der Waals surface area contributed by atoms with Gasteiger partial charge in [-0.3, -0.25) is 10.1 Å². The molecule has 0 saturated heterocycles. The molecule has 0 amide bonds. The Bertz CT molecular complexity index is 698. The van der Waals surface area contributed by atoms with Gasteiger partial charge in [-0.15, -0.1) is 11.6 Å². The number of hydrogen-bond donors (Lipinski definition) is 0. The molecule has 0 N–H and O–H groups in total. The van der Waals surface area contributed by atoms with Crippen molar-refractivity contribution in [1.29, 1.82) is 0 Å². The highest BCUT2D eigenvalue weighted by molar-refractivity contribution is 6.17. The molecule has 0 aliphatic heterocycles. The lowest BCUT2D eigenvalue weighted by molar-refractivity contribution is -0.385. The minimum atomic E-state index is -0.441. The topological polar surface area (TPSA) is 52.4 Å². The first-order chi connectivity index (χ1) is 9.92. The summed E-state index contributed by atoms with van der Waals surface area (Å²) in [5, 5.41) is 10.9. The van der Waals surface area contributed by atoms with E-state index in [4.69, 9.17) is 16.3 Å². The lowest BCUT2D eigenvalue weighted by Gasteiger charge is -2.12. The van der Waals surface area contributed by atoms with Crippen molar-refractivity contribution in [2.45, 2.75) is 26.7 Å². The Labute approximate surface area is 128 Å². The number of aryl methyl sites for hydroxylation is 2. The Hall–Kier alpha value is -2.07. The summed E-state index contributed by atoms with van der Waals surface area (Å²) in [5.74, 6) is 1.37. The van der Waals surface area contributed by atoms with E-state index in [1.54, 1.807) is 12.1 Å². The van der Waals surface area contributed by atoms with Crippen LogP contribution in [-0.4, -0.2) is 4.92 Å². The van der Waals surface area contributed by atoms with Gasteiger partial charge >= 0.3 is 0 Å².